The smallest absolute Gasteiger partial charge is 2.00 e. The van der Waals surface area contributed by atoms with Gasteiger partial charge in [0.1, 0.15) is 0 Å². The van der Waals surface area contributed by atoms with Crippen LogP contribution in [0, 0.1) is 0 Å². The summed E-state index contributed by atoms with van der Waals surface area (Å²) in [6.07, 6.45) is 7.17. The summed E-state index contributed by atoms with van der Waals surface area (Å²) in [7, 11) is -21.3. The maximum atomic E-state index is 9.87. The summed E-state index contributed by atoms with van der Waals surface area (Å²) in [5, 5.41) is 0. The number of halogens is 12. The predicted molar refractivity (Wildman–Crippen MR) is 206 cm³/mol. The third-order valence-corrected chi connectivity index (χ3v) is 7.09. The summed E-state index contributed by atoms with van der Waals surface area (Å²) in [6, 6.07) is 32.0. The van der Waals surface area contributed by atoms with E-state index in [1.807, 2.05) is 72.8 Å². The predicted octanol–water partition coefficient (Wildman–Crippen LogP) is 15.8. The Labute approximate surface area is 345 Å². The van der Waals surface area contributed by atoms with Gasteiger partial charge in [-0.2, -0.15) is 0 Å². The van der Waals surface area contributed by atoms with Gasteiger partial charge in [0, 0.05) is 24.8 Å². The zero-order valence-electron chi connectivity index (χ0n) is 32.0. The van der Waals surface area contributed by atoms with Crippen LogP contribution in [-0.2, 0) is 30.3 Å². The Morgan fingerprint density at radius 3 is 0.661 bits per heavy atom. The van der Waals surface area contributed by atoms with Crippen molar-refractivity contribution >= 4 is 15.6 Å². The molecule has 0 fully saturated rings. The Kier molecular flexibility index (Phi) is 14.5. The molecule has 0 aromatic carbocycles. The second-order valence-corrected chi connectivity index (χ2v) is 18.4. The summed E-state index contributed by atoms with van der Waals surface area (Å²) in [4.78, 5) is 27.2. The molecule has 0 bridgehead atoms. The van der Waals surface area contributed by atoms with Gasteiger partial charge < -0.3 is 0 Å². The van der Waals surface area contributed by atoms with Crippen molar-refractivity contribution in [2.24, 2.45) is 0 Å². The molecule has 0 spiro atoms. The SMILES string of the molecule is CC(C)(C)c1cc(-c2ccccn2)nc(-c2ccccn2)c1.CC(C)(C)c1cc(-c2ccccn2)nc(-c2ccccn2)c1.F[P-](F)(F)(F)(F)F.F[P-](F)(F)(F)(F)F.[Ru+2]. The van der Waals surface area contributed by atoms with Crippen molar-refractivity contribution in [3.63, 3.8) is 0 Å². The average Bonchev–Trinajstić information content (AvgIpc) is 3.10. The number of hydrogen-bond donors (Lipinski definition) is 0. The normalized spacial score (nSPS) is 14.0. The summed E-state index contributed by atoms with van der Waals surface area (Å²) in [6.45, 7) is 13.2. The van der Waals surface area contributed by atoms with Crippen molar-refractivity contribution in [2.75, 3.05) is 0 Å². The van der Waals surface area contributed by atoms with E-state index in [4.69, 9.17) is 9.97 Å². The first kappa shape index (κ1) is 50.7. The molecular weight excluding hydrogens is 931 g/mol. The number of aromatic nitrogens is 6. The van der Waals surface area contributed by atoms with Crippen LogP contribution in [0.4, 0.5) is 50.4 Å². The largest absolute Gasteiger partial charge is 2.00 e. The molecule has 0 aliphatic carbocycles. The molecular formula is C38H38F12N6P2Ru. The van der Waals surface area contributed by atoms with E-state index in [9.17, 15) is 50.4 Å². The van der Waals surface area contributed by atoms with Crippen molar-refractivity contribution in [1.82, 2.24) is 29.9 Å². The molecule has 59 heavy (non-hydrogen) atoms. The molecule has 0 aliphatic heterocycles. The average molecular weight is 970 g/mol. The minimum atomic E-state index is -10.7. The third-order valence-electron chi connectivity index (χ3n) is 7.09. The topological polar surface area (TPSA) is 77.3 Å². The molecule has 0 atom stereocenters. The standard InChI is InChI=1S/2C19H19N3.2F6P.Ru/c2*1-19(2,3)14-12-17(15-8-4-6-10-20-15)22-18(13-14)16-9-5-7-11-21-16;2*1-7(2,3,4,5)6;/h2*4-13H,1-3H3;;;/q;;2*-1;+2. The van der Waals surface area contributed by atoms with Crippen LogP contribution >= 0.6 is 15.6 Å². The molecule has 0 aliphatic rings. The van der Waals surface area contributed by atoms with Crippen LogP contribution in [0.25, 0.3) is 45.6 Å². The molecule has 6 aromatic rings. The molecule has 6 nitrogen and oxygen atoms in total. The summed E-state index contributed by atoms with van der Waals surface area (Å²) in [5.74, 6) is 0. The Morgan fingerprint density at radius 2 is 0.525 bits per heavy atom. The van der Waals surface area contributed by atoms with Gasteiger partial charge in [0.15, 0.2) is 0 Å². The monoisotopic (exact) mass is 970 g/mol. The minimum absolute atomic E-state index is 0. The second kappa shape index (κ2) is 16.9. The maximum absolute atomic E-state index is 10.7. The Hall–Kier alpha value is -4.46. The summed E-state index contributed by atoms with van der Waals surface area (Å²) in [5.41, 5.74) is 9.58. The minimum Gasteiger partial charge on any atom is 2.00 e. The van der Waals surface area contributed by atoms with Gasteiger partial charge in [0.05, 0.1) is 45.6 Å². The van der Waals surface area contributed by atoms with E-state index in [-0.39, 0.29) is 30.3 Å². The zero-order valence-corrected chi connectivity index (χ0v) is 35.5. The van der Waals surface area contributed by atoms with Crippen LogP contribution in [0.15, 0.2) is 122 Å². The number of nitrogens with zero attached hydrogens (tertiary/aromatic N) is 6. The fourth-order valence-corrected chi connectivity index (χ4v) is 4.51. The molecule has 0 radical (unpaired) electrons. The zero-order chi connectivity index (χ0) is 44.0. The summed E-state index contributed by atoms with van der Waals surface area (Å²) >= 11 is 0. The molecule has 6 rings (SSSR count). The van der Waals surface area contributed by atoms with Crippen LogP contribution in [-0.4, -0.2) is 29.9 Å². The molecule has 0 saturated carbocycles. The van der Waals surface area contributed by atoms with E-state index < -0.39 is 15.6 Å². The first-order valence-electron chi connectivity index (χ1n) is 16.8. The molecule has 0 unspecified atom stereocenters. The molecule has 0 saturated heterocycles. The summed E-state index contributed by atoms with van der Waals surface area (Å²) < 4.78 is 118. The van der Waals surface area contributed by atoms with Gasteiger partial charge in [0.2, 0.25) is 0 Å². The fourth-order valence-electron chi connectivity index (χ4n) is 4.51. The van der Waals surface area contributed by atoms with Gasteiger partial charge in [-0.3, -0.25) is 19.9 Å². The van der Waals surface area contributed by atoms with E-state index in [1.165, 1.54) is 11.1 Å². The van der Waals surface area contributed by atoms with Crippen LogP contribution in [0.5, 0.6) is 0 Å². The van der Waals surface area contributed by atoms with Crippen LogP contribution in [0.3, 0.4) is 0 Å². The molecule has 0 amide bonds. The number of rotatable bonds is 4. The first-order valence-corrected chi connectivity index (χ1v) is 20.9. The van der Waals surface area contributed by atoms with Crippen LogP contribution < -0.4 is 0 Å². The quantitative estimate of drug-likeness (QED) is 0.0995. The van der Waals surface area contributed by atoms with Gasteiger partial charge in [-0.1, -0.05) is 65.8 Å². The van der Waals surface area contributed by atoms with E-state index in [1.54, 1.807) is 24.8 Å². The molecule has 6 heterocycles. The van der Waals surface area contributed by atoms with Crippen molar-refractivity contribution in [1.29, 1.82) is 0 Å². The Balaban J connectivity index is 0.000000306. The molecule has 0 N–H and O–H groups in total. The Morgan fingerprint density at radius 1 is 0.339 bits per heavy atom. The van der Waals surface area contributed by atoms with Gasteiger partial charge >= 0.3 is 85.5 Å². The third kappa shape index (κ3) is 22.5. The molecule has 21 heteroatoms. The van der Waals surface area contributed by atoms with Gasteiger partial charge in [-0.05, 0) is 94.8 Å². The van der Waals surface area contributed by atoms with E-state index >= 15 is 0 Å². The van der Waals surface area contributed by atoms with Crippen LogP contribution in [0.2, 0.25) is 0 Å². The first-order chi connectivity index (χ1) is 26.0. The van der Waals surface area contributed by atoms with Gasteiger partial charge in [-0.15, -0.1) is 0 Å². The number of hydrogen-bond acceptors (Lipinski definition) is 6. The van der Waals surface area contributed by atoms with E-state index in [0.29, 0.717) is 0 Å². The van der Waals surface area contributed by atoms with Crippen LogP contribution in [0.1, 0.15) is 52.7 Å². The van der Waals surface area contributed by atoms with E-state index in [2.05, 4.69) is 85.7 Å². The fraction of sp³-hybridized carbons (Fsp3) is 0.211. The molecule has 6 aromatic heterocycles. The van der Waals surface area contributed by atoms with Gasteiger partial charge in [-0.25, -0.2) is 9.97 Å². The van der Waals surface area contributed by atoms with Crippen molar-refractivity contribution in [3.8, 4) is 45.6 Å². The van der Waals surface area contributed by atoms with Crippen molar-refractivity contribution in [2.45, 2.75) is 52.4 Å². The van der Waals surface area contributed by atoms with Crippen molar-refractivity contribution in [3.05, 3.63) is 133 Å². The maximum Gasteiger partial charge on any atom is 2.00 e. The second-order valence-electron chi connectivity index (χ2n) is 14.5. The van der Waals surface area contributed by atoms with Crippen molar-refractivity contribution < 1.29 is 69.8 Å². The number of pyridine rings is 6. The van der Waals surface area contributed by atoms with Gasteiger partial charge in [0.25, 0.3) is 0 Å². The Bertz CT molecular complexity index is 1980. The molecule has 322 valence electrons. The van der Waals surface area contributed by atoms with E-state index in [0.717, 1.165) is 45.6 Å².